The number of aromatic hydroxyl groups is 1. The van der Waals surface area contributed by atoms with Crippen molar-refractivity contribution in [1.82, 2.24) is 0 Å². The van der Waals surface area contributed by atoms with Crippen molar-refractivity contribution in [1.29, 1.82) is 0 Å². The lowest BCUT2D eigenvalue weighted by atomic mass is 10.0. The second-order valence-electron chi connectivity index (χ2n) is 4.76. The number of benzene rings is 2. The first kappa shape index (κ1) is 16.3. The number of phenols is 1. The van der Waals surface area contributed by atoms with Gasteiger partial charge in [0.1, 0.15) is 11.3 Å². The normalized spacial score (nSPS) is 11.9. The van der Waals surface area contributed by atoms with Gasteiger partial charge in [0.2, 0.25) is 5.82 Å². The van der Waals surface area contributed by atoms with Crippen molar-refractivity contribution >= 4 is 10.8 Å². The molecule has 0 aliphatic carbocycles. The molecule has 0 radical (unpaired) electrons. The molecule has 0 aliphatic heterocycles. The summed E-state index contributed by atoms with van der Waals surface area (Å²) in [5.74, 6) is -5.07. The third kappa shape index (κ3) is 2.93. The number of hydrogen-bond acceptors (Lipinski definition) is 2. The molecule has 2 nitrogen and oxygen atoms in total. The van der Waals surface area contributed by atoms with Crippen LogP contribution in [0.4, 0.5) is 22.0 Å². The number of hydrogen-bond donors (Lipinski definition) is 1. The van der Waals surface area contributed by atoms with Gasteiger partial charge in [-0.25, -0.2) is 4.39 Å². The van der Waals surface area contributed by atoms with Crippen LogP contribution >= 0.6 is 0 Å². The van der Waals surface area contributed by atoms with E-state index in [1.807, 2.05) is 6.92 Å². The number of phenolic OH excluding ortho intramolecular Hbond substituents is 1. The maximum absolute atomic E-state index is 13.9. The number of alkyl halides is 3. The average molecular weight is 320 g/mol. The molecule has 120 valence electrons. The Morgan fingerprint density at radius 1 is 1.14 bits per heavy atom. The molecular formula is C15H13F5O2. The highest BCUT2D eigenvalue weighted by molar-refractivity contribution is 5.90. The molecule has 2 aromatic carbocycles. The topological polar surface area (TPSA) is 29.5 Å². The van der Waals surface area contributed by atoms with Gasteiger partial charge in [0.25, 0.3) is 0 Å². The molecule has 0 bridgehead atoms. The Kier molecular flexibility index (Phi) is 4.44. The second kappa shape index (κ2) is 5.98. The molecule has 0 unspecified atom stereocenters. The van der Waals surface area contributed by atoms with Crippen LogP contribution in [0.1, 0.15) is 25.3 Å². The molecule has 0 aromatic heterocycles. The summed E-state index contributed by atoms with van der Waals surface area (Å²) in [5.41, 5.74) is -1.38. The minimum atomic E-state index is -4.93. The first-order valence-corrected chi connectivity index (χ1v) is 6.61. The van der Waals surface area contributed by atoms with E-state index in [1.54, 1.807) is 0 Å². The molecular weight excluding hydrogens is 307 g/mol. The first-order chi connectivity index (χ1) is 10.3. The van der Waals surface area contributed by atoms with Gasteiger partial charge in [-0.2, -0.15) is 17.6 Å². The van der Waals surface area contributed by atoms with Crippen LogP contribution in [0.2, 0.25) is 0 Å². The first-order valence-electron chi connectivity index (χ1n) is 6.61. The zero-order valence-corrected chi connectivity index (χ0v) is 11.6. The van der Waals surface area contributed by atoms with Crippen LogP contribution in [0.3, 0.4) is 0 Å². The van der Waals surface area contributed by atoms with Gasteiger partial charge in [0.15, 0.2) is 11.6 Å². The Hall–Kier alpha value is -2.05. The maximum atomic E-state index is 13.9. The van der Waals surface area contributed by atoms with Crippen LogP contribution in [-0.2, 0) is 6.18 Å². The Labute approximate surface area is 123 Å². The van der Waals surface area contributed by atoms with Crippen LogP contribution < -0.4 is 4.74 Å². The van der Waals surface area contributed by atoms with Gasteiger partial charge in [-0.3, -0.25) is 0 Å². The van der Waals surface area contributed by atoms with E-state index in [0.29, 0.717) is 12.8 Å². The van der Waals surface area contributed by atoms with Gasteiger partial charge in [-0.05, 0) is 23.9 Å². The molecule has 1 N–H and O–H groups in total. The van der Waals surface area contributed by atoms with Gasteiger partial charge in [0, 0.05) is 5.39 Å². The molecule has 0 saturated heterocycles. The molecule has 0 spiro atoms. The lowest BCUT2D eigenvalue weighted by molar-refractivity contribution is -0.137. The van der Waals surface area contributed by atoms with Crippen molar-refractivity contribution in [2.24, 2.45) is 0 Å². The summed E-state index contributed by atoms with van der Waals surface area (Å²) in [6.45, 7) is 1.87. The zero-order chi connectivity index (χ0) is 16.5. The Bertz CT molecular complexity index is 695. The molecule has 0 aliphatic rings. The van der Waals surface area contributed by atoms with E-state index in [9.17, 15) is 27.1 Å². The summed E-state index contributed by atoms with van der Waals surface area (Å²) in [4.78, 5) is 0. The van der Waals surface area contributed by atoms with E-state index in [1.165, 1.54) is 0 Å². The number of rotatable bonds is 4. The van der Waals surface area contributed by atoms with Crippen molar-refractivity contribution in [3.8, 4) is 11.5 Å². The molecule has 0 heterocycles. The van der Waals surface area contributed by atoms with Crippen LogP contribution in [0, 0.1) is 11.6 Å². The fourth-order valence-electron chi connectivity index (χ4n) is 2.12. The summed E-state index contributed by atoms with van der Waals surface area (Å²) >= 11 is 0. The van der Waals surface area contributed by atoms with E-state index in [0.717, 1.165) is 18.2 Å². The Balaban J connectivity index is 2.72. The third-order valence-corrected chi connectivity index (χ3v) is 3.17. The van der Waals surface area contributed by atoms with E-state index >= 15 is 0 Å². The molecule has 0 amide bonds. The minimum absolute atomic E-state index is 0.0350. The van der Waals surface area contributed by atoms with Gasteiger partial charge < -0.3 is 9.84 Å². The molecule has 0 saturated carbocycles. The van der Waals surface area contributed by atoms with Crippen LogP contribution in [0.15, 0.2) is 18.2 Å². The average Bonchev–Trinajstić information content (AvgIpc) is 2.44. The molecule has 7 heteroatoms. The molecule has 22 heavy (non-hydrogen) atoms. The van der Waals surface area contributed by atoms with E-state index < -0.39 is 40.3 Å². The summed E-state index contributed by atoms with van der Waals surface area (Å²) in [5, 5.41) is 8.00. The molecule has 0 fully saturated rings. The second-order valence-corrected chi connectivity index (χ2v) is 4.76. The highest BCUT2D eigenvalue weighted by Crippen LogP contribution is 2.43. The van der Waals surface area contributed by atoms with Crippen LogP contribution in [-0.4, -0.2) is 11.7 Å². The number of unbranched alkanes of at least 4 members (excludes halogenated alkanes) is 1. The predicted molar refractivity (Wildman–Crippen MR) is 70.9 cm³/mol. The van der Waals surface area contributed by atoms with Crippen molar-refractivity contribution < 1.29 is 31.8 Å². The lowest BCUT2D eigenvalue weighted by Crippen LogP contribution is -2.11. The van der Waals surface area contributed by atoms with Crippen LogP contribution in [0.5, 0.6) is 11.5 Å². The highest BCUT2D eigenvalue weighted by Gasteiger charge is 2.38. The van der Waals surface area contributed by atoms with Crippen molar-refractivity contribution in [2.45, 2.75) is 25.9 Å². The van der Waals surface area contributed by atoms with Gasteiger partial charge in [0.05, 0.1) is 6.61 Å². The Morgan fingerprint density at radius 2 is 1.82 bits per heavy atom. The number of ether oxygens (including phenoxy) is 1. The van der Waals surface area contributed by atoms with Gasteiger partial charge >= 0.3 is 6.18 Å². The van der Waals surface area contributed by atoms with Crippen molar-refractivity contribution in [3.63, 3.8) is 0 Å². The SMILES string of the molecule is CCCCOc1ccc2cc(O)c(F)c(F)c2c1C(F)(F)F. The molecule has 0 atom stereocenters. The standard InChI is InChI=1S/C15H13F5O2/c1-2-3-6-22-10-5-4-8-7-9(21)13(16)14(17)11(8)12(10)15(18,19)20/h4-5,7,21H,2-3,6H2,1H3. The fraction of sp³-hybridized carbons (Fsp3) is 0.333. The number of halogens is 5. The smallest absolute Gasteiger partial charge is 0.420 e. The minimum Gasteiger partial charge on any atom is -0.505 e. The largest absolute Gasteiger partial charge is 0.505 e. The summed E-state index contributed by atoms with van der Waals surface area (Å²) in [6, 6.07) is 2.94. The lowest BCUT2D eigenvalue weighted by Gasteiger charge is -2.17. The maximum Gasteiger partial charge on any atom is 0.420 e. The summed E-state index contributed by atoms with van der Waals surface area (Å²) in [7, 11) is 0. The predicted octanol–water partition coefficient (Wildman–Crippen LogP) is 5.02. The molecule has 2 rings (SSSR count). The fourth-order valence-corrected chi connectivity index (χ4v) is 2.12. The van der Waals surface area contributed by atoms with E-state index in [2.05, 4.69) is 0 Å². The Morgan fingerprint density at radius 3 is 2.41 bits per heavy atom. The highest BCUT2D eigenvalue weighted by atomic mass is 19.4. The van der Waals surface area contributed by atoms with Crippen molar-refractivity contribution in [3.05, 3.63) is 35.4 Å². The van der Waals surface area contributed by atoms with Gasteiger partial charge in [-0.1, -0.05) is 19.4 Å². The zero-order valence-electron chi connectivity index (χ0n) is 11.6. The monoisotopic (exact) mass is 320 g/mol. The van der Waals surface area contributed by atoms with Crippen molar-refractivity contribution in [2.75, 3.05) is 6.61 Å². The third-order valence-electron chi connectivity index (χ3n) is 3.17. The molecule has 2 aromatic rings. The summed E-state index contributed by atoms with van der Waals surface area (Å²) in [6.07, 6.45) is -3.68. The van der Waals surface area contributed by atoms with Crippen LogP contribution in [0.25, 0.3) is 10.8 Å². The summed E-state index contributed by atoms with van der Waals surface area (Å²) < 4.78 is 72.2. The number of fused-ring (bicyclic) bond motifs is 1. The van der Waals surface area contributed by atoms with E-state index in [4.69, 9.17) is 4.74 Å². The quantitative estimate of drug-likeness (QED) is 0.633. The van der Waals surface area contributed by atoms with Gasteiger partial charge in [-0.15, -0.1) is 0 Å². The van der Waals surface area contributed by atoms with E-state index in [-0.39, 0.29) is 12.0 Å².